The fourth-order valence-electron chi connectivity index (χ4n) is 1.82. The molecule has 0 N–H and O–H groups in total. The molecule has 0 spiro atoms. The van der Waals surface area contributed by atoms with Gasteiger partial charge in [-0.1, -0.05) is 48.5 Å². The third-order valence-electron chi connectivity index (χ3n) is 2.82. The van der Waals surface area contributed by atoms with Crippen molar-refractivity contribution in [1.82, 2.24) is 0 Å². The maximum Gasteiger partial charge on any atom is 0.373 e. The van der Waals surface area contributed by atoms with Gasteiger partial charge in [0.15, 0.2) is 18.2 Å². The first kappa shape index (κ1) is 15.6. The molecule has 0 saturated carbocycles. The highest BCUT2D eigenvalue weighted by Crippen LogP contribution is 2.15. The van der Waals surface area contributed by atoms with Crippen LogP contribution < -0.4 is 0 Å². The molecule has 0 aliphatic carbocycles. The van der Waals surface area contributed by atoms with Gasteiger partial charge in [-0.3, -0.25) is 14.5 Å². The van der Waals surface area contributed by atoms with Gasteiger partial charge in [0, 0.05) is 11.1 Å². The minimum absolute atomic E-state index is 0.0832. The molecule has 2 rings (SSSR count). The van der Waals surface area contributed by atoms with Gasteiger partial charge in [0.1, 0.15) is 0 Å². The van der Waals surface area contributed by atoms with Crippen LogP contribution in [0.4, 0.5) is 0 Å². The van der Waals surface area contributed by atoms with Crippen molar-refractivity contribution in [3.63, 3.8) is 0 Å². The van der Waals surface area contributed by atoms with E-state index in [1.165, 1.54) is 19.1 Å². The molecule has 112 valence electrons. The topological polar surface area (TPSA) is 69.7 Å². The van der Waals surface area contributed by atoms with Crippen LogP contribution in [0.2, 0.25) is 0 Å². The summed E-state index contributed by atoms with van der Waals surface area (Å²) < 4.78 is 0. The van der Waals surface area contributed by atoms with Crippen molar-refractivity contribution in [3.8, 4) is 0 Å². The molecule has 0 fully saturated rings. The molecule has 0 radical (unpaired) electrons. The summed E-state index contributed by atoms with van der Waals surface area (Å²) in [6.07, 6.45) is 0. The van der Waals surface area contributed by atoms with Gasteiger partial charge in [-0.2, -0.15) is 4.89 Å². The van der Waals surface area contributed by atoms with Crippen molar-refractivity contribution in [2.75, 3.05) is 6.61 Å². The van der Waals surface area contributed by atoms with E-state index in [0.29, 0.717) is 5.56 Å². The Kier molecular flexibility index (Phi) is 5.16. The van der Waals surface area contributed by atoms with Gasteiger partial charge < -0.3 is 0 Å². The van der Waals surface area contributed by atoms with Crippen LogP contribution in [0.25, 0.3) is 0 Å². The number of hydrogen-bond acceptors (Lipinski definition) is 5. The van der Waals surface area contributed by atoms with E-state index in [-0.39, 0.29) is 29.3 Å². The first-order valence-corrected chi connectivity index (χ1v) is 6.61. The van der Waals surface area contributed by atoms with Crippen molar-refractivity contribution in [2.24, 2.45) is 0 Å². The molecule has 22 heavy (non-hydrogen) atoms. The van der Waals surface area contributed by atoms with E-state index in [0.717, 1.165) is 0 Å². The zero-order valence-electron chi connectivity index (χ0n) is 11.9. The average molecular weight is 298 g/mol. The second-order valence-electron chi connectivity index (χ2n) is 4.58. The van der Waals surface area contributed by atoms with Gasteiger partial charge in [0.2, 0.25) is 0 Å². The van der Waals surface area contributed by atoms with Crippen LogP contribution in [0.15, 0.2) is 54.6 Å². The second kappa shape index (κ2) is 7.28. The Hall–Kier alpha value is -2.79. The van der Waals surface area contributed by atoms with Crippen LogP contribution in [0, 0.1) is 0 Å². The van der Waals surface area contributed by atoms with Gasteiger partial charge >= 0.3 is 5.97 Å². The zero-order valence-corrected chi connectivity index (χ0v) is 11.9. The van der Waals surface area contributed by atoms with Crippen molar-refractivity contribution in [1.29, 1.82) is 0 Å². The monoisotopic (exact) mass is 298 g/mol. The molecule has 0 aromatic heterocycles. The molecule has 0 aliphatic rings. The van der Waals surface area contributed by atoms with E-state index < -0.39 is 5.97 Å². The quantitative estimate of drug-likeness (QED) is 0.466. The third kappa shape index (κ3) is 3.86. The normalized spacial score (nSPS) is 10.0. The summed E-state index contributed by atoms with van der Waals surface area (Å²) in [7, 11) is 0. The average Bonchev–Trinajstić information content (AvgIpc) is 2.54. The Bertz CT molecular complexity index is 691. The molecular weight excluding hydrogens is 284 g/mol. The maximum atomic E-state index is 12.5. The minimum Gasteiger partial charge on any atom is -0.297 e. The first-order chi connectivity index (χ1) is 10.6. The molecule has 0 heterocycles. The van der Waals surface area contributed by atoms with Gasteiger partial charge in [0.05, 0.1) is 5.56 Å². The van der Waals surface area contributed by atoms with Crippen LogP contribution in [0.3, 0.4) is 0 Å². The van der Waals surface area contributed by atoms with Gasteiger partial charge in [0.25, 0.3) is 0 Å². The Morgan fingerprint density at radius 3 is 2.09 bits per heavy atom. The molecule has 5 nitrogen and oxygen atoms in total. The van der Waals surface area contributed by atoms with Crippen LogP contribution in [-0.4, -0.2) is 24.1 Å². The van der Waals surface area contributed by atoms with Crippen molar-refractivity contribution >= 4 is 17.5 Å². The van der Waals surface area contributed by atoms with Crippen LogP contribution >= 0.6 is 0 Å². The van der Waals surface area contributed by atoms with Crippen LogP contribution in [0.1, 0.15) is 33.2 Å². The van der Waals surface area contributed by atoms with E-state index in [2.05, 4.69) is 9.78 Å². The molecular formula is C17H14O5. The summed E-state index contributed by atoms with van der Waals surface area (Å²) in [4.78, 5) is 44.3. The molecule has 0 atom stereocenters. The van der Waals surface area contributed by atoms with Crippen LogP contribution in [0.5, 0.6) is 0 Å². The molecule has 0 amide bonds. The number of hydrogen-bond donors (Lipinski definition) is 0. The zero-order chi connectivity index (χ0) is 15.9. The van der Waals surface area contributed by atoms with Crippen LogP contribution in [-0.2, 0) is 14.6 Å². The van der Waals surface area contributed by atoms with Gasteiger partial charge in [-0.05, 0) is 13.0 Å². The van der Waals surface area contributed by atoms with Crippen molar-refractivity contribution < 1.29 is 24.2 Å². The first-order valence-electron chi connectivity index (χ1n) is 6.61. The number of ketones is 2. The predicted octanol–water partition coefficient (Wildman–Crippen LogP) is 2.60. The Morgan fingerprint density at radius 2 is 1.45 bits per heavy atom. The highest BCUT2D eigenvalue weighted by molar-refractivity contribution is 6.14. The lowest BCUT2D eigenvalue weighted by Gasteiger charge is -2.07. The fraction of sp³-hybridized carbons (Fsp3) is 0.118. The van der Waals surface area contributed by atoms with E-state index in [1.54, 1.807) is 42.5 Å². The van der Waals surface area contributed by atoms with Crippen molar-refractivity contribution in [3.05, 3.63) is 71.3 Å². The molecule has 2 aromatic carbocycles. The summed E-state index contributed by atoms with van der Waals surface area (Å²) >= 11 is 0. The minimum atomic E-state index is -0.818. The number of Topliss-reactive ketones (excluding diaryl/α,β-unsaturated/α-hetero) is 1. The number of benzene rings is 2. The lowest BCUT2D eigenvalue weighted by Crippen LogP contribution is -2.14. The second-order valence-corrected chi connectivity index (χ2v) is 4.58. The largest absolute Gasteiger partial charge is 0.373 e. The van der Waals surface area contributed by atoms with Gasteiger partial charge in [-0.25, -0.2) is 4.79 Å². The molecule has 0 unspecified atom stereocenters. The maximum absolute atomic E-state index is 12.5. The smallest absolute Gasteiger partial charge is 0.297 e. The number of carbonyl (C=O) groups excluding carboxylic acids is 3. The standard InChI is InChI=1S/C17H14O5/c1-12(18)11-21-22-17(20)15-10-6-5-9-14(15)16(19)13-7-3-2-4-8-13/h2-10H,11H2,1H3. The van der Waals surface area contributed by atoms with E-state index in [4.69, 9.17) is 0 Å². The highest BCUT2D eigenvalue weighted by atomic mass is 17.2. The number of rotatable bonds is 6. The van der Waals surface area contributed by atoms with E-state index in [1.807, 2.05) is 0 Å². The van der Waals surface area contributed by atoms with E-state index in [9.17, 15) is 14.4 Å². The molecule has 0 saturated heterocycles. The molecule has 0 bridgehead atoms. The Morgan fingerprint density at radius 1 is 0.864 bits per heavy atom. The summed E-state index contributed by atoms with van der Waals surface area (Å²) in [5.74, 6) is -1.39. The summed E-state index contributed by atoms with van der Waals surface area (Å²) in [5.41, 5.74) is 0.762. The lowest BCUT2D eigenvalue weighted by atomic mass is 9.98. The third-order valence-corrected chi connectivity index (χ3v) is 2.82. The molecule has 2 aromatic rings. The molecule has 0 aliphatic heterocycles. The Balaban J connectivity index is 2.21. The predicted molar refractivity (Wildman–Crippen MR) is 78.4 cm³/mol. The van der Waals surface area contributed by atoms with Gasteiger partial charge in [-0.15, -0.1) is 0 Å². The SMILES string of the molecule is CC(=O)COOC(=O)c1ccccc1C(=O)c1ccccc1. The summed E-state index contributed by atoms with van der Waals surface area (Å²) in [5, 5.41) is 0. The number of carbonyl (C=O) groups is 3. The van der Waals surface area contributed by atoms with E-state index >= 15 is 0 Å². The summed E-state index contributed by atoms with van der Waals surface area (Å²) in [6, 6.07) is 14.9. The fourth-order valence-corrected chi connectivity index (χ4v) is 1.82. The highest BCUT2D eigenvalue weighted by Gasteiger charge is 2.19. The van der Waals surface area contributed by atoms with Crippen molar-refractivity contribution in [2.45, 2.75) is 6.92 Å². The molecule has 5 heteroatoms. The summed E-state index contributed by atoms with van der Waals surface area (Å²) in [6.45, 7) is 0.973. The Labute approximate surface area is 127 Å². The lowest BCUT2D eigenvalue weighted by molar-refractivity contribution is -0.236.